The zero-order valence-corrected chi connectivity index (χ0v) is 12.9. The molecule has 0 amide bonds. The minimum Gasteiger partial charge on any atom is -0.461 e. The fraction of sp³-hybridized carbons (Fsp3) is 0.733. The minimum absolute atomic E-state index is 0.0276. The van der Waals surface area contributed by atoms with Gasteiger partial charge in [0, 0.05) is 25.2 Å². The number of carbonyl (C=O) groups excluding carboxylic acids is 1. The van der Waals surface area contributed by atoms with Crippen LogP contribution in [0, 0.1) is 13.8 Å². The van der Waals surface area contributed by atoms with Crippen LogP contribution in [0.5, 0.6) is 0 Å². The van der Waals surface area contributed by atoms with Crippen LogP contribution in [-0.4, -0.2) is 58.6 Å². The number of ether oxygens (including phenoxy) is 2. The van der Waals surface area contributed by atoms with Crippen molar-refractivity contribution < 1.29 is 14.3 Å². The van der Waals surface area contributed by atoms with Crippen LogP contribution in [0.25, 0.3) is 0 Å². The topological polar surface area (TPSA) is 56.6 Å². The van der Waals surface area contributed by atoms with Gasteiger partial charge in [-0.25, -0.2) is 0 Å². The molecule has 0 aromatic carbocycles. The Kier molecular flexibility index (Phi) is 3.99. The lowest BCUT2D eigenvalue weighted by atomic mass is 10.1. The highest BCUT2D eigenvalue weighted by Crippen LogP contribution is 2.22. The Balaban J connectivity index is 1.63. The molecular formula is C15H23N3O3. The summed E-state index contributed by atoms with van der Waals surface area (Å²) in [5.41, 5.74) is 2.16. The summed E-state index contributed by atoms with van der Waals surface area (Å²) < 4.78 is 13.1. The maximum atomic E-state index is 11.9. The zero-order chi connectivity index (χ0) is 15.0. The third-order valence-corrected chi connectivity index (χ3v) is 4.24. The number of nitrogens with zero attached hydrogens (tertiary/aromatic N) is 3. The highest BCUT2D eigenvalue weighted by atomic mass is 16.6. The van der Waals surface area contributed by atoms with Crippen molar-refractivity contribution in [1.29, 1.82) is 0 Å². The lowest BCUT2D eigenvalue weighted by Crippen LogP contribution is -2.50. The van der Waals surface area contributed by atoms with Crippen molar-refractivity contribution in [2.45, 2.75) is 52.0 Å². The van der Waals surface area contributed by atoms with Crippen LogP contribution in [-0.2, 0) is 20.8 Å². The molecule has 0 bridgehead atoms. The van der Waals surface area contributed by atoms with Crippen molar-refractivity contribution in [2.75, 3.05) is 19.7 Å². The van der Waals surface area contributed by atoms with E-state index < -0.39 is 0 Å². The second-order valence-corrected chi connectivity index (χ2v) is 6.10. The van der Waals surface area contributed by atoms with Gasteiger partial charge in [-0.15, -0.1) is 0 Å². The number of aryl methyl sites for hydroxylation is 2. The van der Waals surface area contributed by atoms with Gasteiger partial charge >= 0.3 is 5.97 Å². The monoisotopic (exact) mass is 293 g/mol. The number of carbonyl (C=O) groups is 1. The summed E-state index contributed by atoms with van der Waals surface area (Å²) in [6.45, 7) is 8.93. The van der Waals surface area contributed by atoms with Crippen LogP contribution >= 0.6 is 0 Å². The van der Waals surface area contributed by atoms with E-state index in [-0.39, 0.29) is 24.2 Å². The van der Waals surface area contributed by atoms with Crippen LogP contribution in [0.15, 0.2) is 6.07 Å². The molecule has 21 heavy (non-hydrogen) atoms. The standard InChI is InChI=1S/C15H23N3O3/c1-10-6-11(2)18(16-10)9-13-8-17(4-5-20-13)14-7-12(3)21-15(14)19/h6,12-14H,4-5,7-9H2,1-3H3/t12-,13+,14+/m1/s1. The van der Waals surface area contributed by atoms with E-state index in [1.54, 1.807) is 0 Å². The normalized spacial score (nSPS) is 30.6. The number of hydrogen-bond acceptors (Lipinski definition) is 5. The summed E-state index contributed by atoms with van der Waals surface area (Å²) in [5.74, 6) is -0.0886. The minimum atomic E-state index is -0.105. The Morgan fingerprint density at radius 2 is 2.24 bits per heavy atom. The summed E-state index contributed by atoms with van der Waals surface area (Å²) >= 11 is 0. The molecule has 0 unspecified atom stereocenters. The average molecular weight is 293 g/mol. The lowest BCUT2D eigenvalue weighted by molar-refractivity contribution is -0.147. The van der Waals surface area contributed by atoms with Crippen molar-refractivity contribution in [3.63, 3.8) is 0 Å². The number of morpholine rings is 1. The molecule has 3 atom stereocenters. The third-order valence-electron chi connectivity index (χ3n) is 4.24. The van der Waals surface area contributed by atoms with E-state index in [9.17, 15) is 4.79 Å². The molecule has 2 aliphatic heterocycles. The Morgan fingerprint density at radius 1 is 1.43 bits per heavy atom. The van der Waals surface area contributed by atoms with Gasteiger partial charge in [-0.2, -0.15) is 5.10 Å². The largest absolute Gasteiger partial charge is 0.461 e. The van der Waals surface area contributed by atoms with E-state index >= 15 is 0 Å². The maximum absolute atomic E-state index is 11.9. The molecule has 0 spiro atoms. The molecule has 116 valence electrons. The van der Waals surface area contributed by atoms with E-state index in [0.29, 0.717) is 6.61 Å². The average Bonchev–Trinajstić information content (AvgIpc) is 2.92. The van der Waals surface area contributed by atoms with Gasteiger partial charge in [0.1, 0.15) is 12.1 Å². The number of esters is 1. The van der Waals surface area contributed by atoms with Gasteiger partial charge in [-0.05, 0) is 26.8 Å². The summed E-state index contributed by atoms with van der Waals surface area (Å²) in [5, 5.41) is 4.48. The summed E-state index contributed by atoms with van der Waals surface area (Å²) in [6, 6.07) is 1.96. The molecule has 3 rings (SSSR count). The first kappa shape index (κ1) is 14.5. The molecule has 6 nitrogen and oxygen atoms in total. The Morgan fingerprint density at radius 3 is 2.86 bits per heavy atom. The first-order valence-electron chi connectivity index (χ1n) is 7.60. The second kappa shape index (κ2) is 5.77. The number of aromatic nitrogens is 2. The van der Waals surface area contributed by atoms with Crippen molar-refractivity contribution in [1.82, 2.24) is 14.7 Å². The second-order valence-electron chi connectivity index (χ2n) is 6.10. The molecule has 0 saturated carbocycles. The molecule has 2 aliphatic rings. The van der Waals surface area contributed by atoms with E-state index in [0.717, 1.165) is 37.4 Å². The Bertz CT molecular complexity index is 528. The van der Waals surface area contributed by atoms with Gasteiger partial charge in [-0.1, -0.05) is 0 Å². The molecule has 1 aromatic heterocycles. The van der Waals surface area contributed by atoms with Crippen molar-refractivity contribution in [2.24, 2.45) is 0 Å². The van der Waals surface area contributed by atoms with Crippen LogP contribution in [0.1, 0.15) is 24.7 Å². The van der Waals surface area contributed by atoms with Gasteiger partial charge in [-0.3, -0.25) is 14.4 Å². The first-order chi connectivity index (χ1) is 10.0. The fourth-order valence-corrected chi connectivity index (χ4v) is 3.22. The fourth-order valence-electron chi connectivity index (χ4n) is 3.22. The lowest BCUT2D eigenvalue weighted by Gasteiger charge is -2.35. The highest BCUT2D eigenvalue weighted by Gasteiger charge is 2.38. The summed E-state index contributed by atoms with van der Waals surface area (Å²) in [7, 11) is 0. The molecule has 2 fully saturated rings. The predicted molar refractivity (Wildman–Crippen MR) is 77.0 cm³/mol. The van der Waals surface area contributed by atoms with Crippen molar-refractivity contribution >= 4 is 5.97 Å². The van der Waals surface area contributed by atoms with Gasteiger partial charge in [0.05, 0.1) is 24.9 Å². The SMILES string of the molecule is Cc1cc(C)n(C[C@@H]2CN([C@H]3C[C@@H](C)OC3=O)CCO2)n1. The highest BCUT2D eigenvalue weighted by molar-refractivity contribution is 5.78. The molecule has 0 radical (unpaired) electrons. The van der Waals surface area contributed by atoms with Gasteiger partial charge in [0.2, 0.25) is 0 Å². The van der Waals surface area contributed by atoms with Crippen LogP contribution in [0.2, 0.25) is 0 Å². The molecule has 0 aliphatic carbocycles. The van der Waals surface area contributed by atoms with Gasteiger partial charge in [0.15, 0.2) is 0 Å². The Labute approximate surface area is 125 Å². The summed E-state index contributed by atoms with van der Waals surface area (Å²) in [4.78, 5) is 14.1. The van der Waals surface area contributed by atoms with E-state index in [1.165, 1.54) is 0 Å². The van der Waals surface area contributed by atoms with E-state index in [4.69, 9.17) is 9.47 Å². The van der Waals surface area contributed by atoms with Crippen molar-refractivity contribution in [3.05, 3.63) is 17.5 Å². The van der Waals surface area contributed by atoms with Crippen LogP contribution in [0.3, 0.4) is 0 Å². The van der Waals surface area contributed by atoms with E-state index in [1.807, 2.05) is 18.5 Å². The smallest absolute Gasteiger partial charge is 0.323 e. The predicted octanol–water partition coefficient (Wildman–Crippen LogP) is 0.905. The van der Waals surface area contributed by atoms with Crippen LogP contribution < -0.4 is 0 Å². The number of hydrogen-bond donors (Lipinski definition) is 0. The van der Waals surface area contributed by atoms with Gasteiger partial charge in [0.25, 0.3) is 0 Å². The van der Waals surface area contributed by atoms with Crippen molar-refractivity contribution in [3.8, 4) is 0 Å². The number of cyclic esters (lactones) is 1. The Hall–Kier alpha value is -1.40. The molecule has 3 heterocycles. The van der Waals surface area contributed by atoms with Crippen LogP contribution in [0.4, 0.5) is 0 Å². The van der Waals surface area contributed by atoms with Gasteiger partial charge < -0.3 is 9.47 Å². The first-order valence-corrected chi connectivity index (χ1v) is 7.60. The zero-order valence-electron chi connectivity index (χ0n) is 12.9. The third kappa shape index (κ3) is 3.11. The molecular weight excluding hydrogens is 270 g/mol. The molecule has 6 heteroatoms. The van der Waals surface area contributed by atoms with E-state index in [2.05, 4.69) is 23.0 Å². The molecule has 1 aromatic rings. The molecule has 2 saturated heterocycles. The number of rotatable bonds is 3. The maximum Gasteiger partial charge on any atom is 0.323 e. The summed E-state index contributed by atoms with van der Waals surface area (Å²) in [6.07, 6.45) is 0.881. The molecule has 0 N–H and O–H groups in total. The quantitative estimate of drug-likeness (QED) is 0.775.